The Hall–Kier alpha value is -3.82. The second-order valence-corrected chi connectivity index (χ2v) is 17.8. The summed E-state index contributed by atoms with van der Waals surface area (Å²) in [5.41, 5.74) is 0. The maximum absolute atomic E-state index is 12.7. The molecule has 1 saturated heterocycles. The number of carbonyl (C=O) groups is 8. The Morgan fingerprint density at radius 1 is 0.452 bits per heavy atom. The van der Waals surface area contributed by atoms with E-state index in [0.717, 1.165) is 4.90 Å². The van der Waals surface area contributed by atoms with Crippen LogP contribution < -0.4 is 10.6 Å². The molecule has 2 heterocycles. The number of ether oxygens (including phenoxy) is 8. The summed E-state index contributed by atoms with van der Waals surface area (Å²) in [6.07, 6.45) is 0.0214. The van der Waals surface area contributed by atoms with Crippen molar-refractivity contribution in [2.24, 2.45) is 0 Å². The Morgan fingerprint density at radius 2 is 0.767 bits per heavy atom. The molecule has 27 nitrogen and oxygen atoms in total. The number of halogens is 2. The van der Waals surface area contributed by atoms with Crippen molar-refractivity contribution in [1.29, 1.82) is 0 Å². The minimum atomic E-state index is -1.18. The molecule has 6 N–H and O–H groups in total. The summed E-state index contributed by atoms with van der Waals surface area (Å²) in [6, 6.07) is -1.12. The van der Waals surface area contributed by atoms with E-state index in [0.29, 0.717) is 79.2 Å². The van der Waals surface area contributed by atoms with E-state index in [1.807, 2.05) is 0 Å². The van der Waals surface area contributed by atoms with Gasteiger partial charge in [-0.2, -0.15) is 0 Å². The number of hydrogen-bond donors (Lipinski definition) is 6. The van der Waals surface area contributed by atoms with Crippen LogP contribution in [0.2, 0.25) is 0 Å². The first-order valence-corrected chi connectivity index (χ1v) is 25.5. The SMILES string of the molecule is O=C(O)CN1CCN(CC(=O)O)CCN(C(CCC(=O)NCCOCCOCCOCCOCCOCCOCCC(=O)NCCOCCOCCN2C(=O)C(Br)=C(Br)C2=O)C(=O)O)CCN(CC(=O)O)CC1. The summed E-state index contributed by atoms with van der Waals surface area (Å²) >= 11 is 6.14. The summed E-state index contributed by atoms with van der Waals surface area (Å²) in [7, 11) is 0. The molecule has 73 heavy (non-hydrogen) atoms. The zero-order valence-corrected chi connectivity index (χ0v) is 44.4. The molecule has 418 valence electrons. The molecule has 2 aliphatic heterocycles. The minimum absolute atomic E-state index is 0.0541. The second-order valence-electron chi connectivity index (χ2n) is 16.2. The first kappa shape index (κ1) is 65.3. The van der Waals surface area contributed by atoms with Crippen LogP contribution in [0.15, 0.2) is 8.96 Å². The van der Waals surface area contributed by atoms with Crippen molar-refractivity contribution in [3.05, 3.63) is 8.96 Å². The fourth-order valence-corrected chi connectivity index (χ4v) is 7.68. The van der Waals surface area contributed by atoms with Gasteiger partial charge in [-0.25, -0.2) is 0 Å². The molecule has 0 radical (unpaired) electrons. The molecule has 1 unspecified atom stereocenters. The molecular formula is C44H73Br2N7O20. The van der Waals surface area contributed by atoms with Crippen LogP contribution >= 0.6 is 31.9 Å². The lowest BCUT2D eigenvalue weighted by Gasteiger charge is -2.35. The number of carbonyl (C=O) groups excluding carboxylic acids is 4. The number of imide groups is 1. The minimum Gasteiger partial charge on any atom is -0.480 e. The van der Waals surface area contributed by atoms with Crippen molar-refractivity contribution in [1.82, 2.24) is 35.1 Å². The Balaban J connectivity index is 1.42. The molecular weight excluding hydrogens is 1110 g/mol. The van der Waals surface area contributed by atoms with E-state index in [2.05, 4.69) is 42.5 Å². The van der Waals surface area contributed by atoms with Crippen LogP contribution in [0.1, 0.15) is 19.3 Å². The van der Waals surface area contributed by atoms with Gasteiger partial charge in [0.1, 0.15) is 15.0 Å². The number of nitrogens with one attached hydrogen (secondary N) is 2. The largest absolute Gasteiger partial charge is 0.480 e. The highest BCUT2D eigenvalue weighted by Crippen LogP contribution is 2.29. The Morgan fingerprint density at radius 3 is 1.12 bits per heavy atom. The van der Waals surface area contributed by atoms with Gasteiger partial charge in [-0.1, -0.05) is 0 Å². The molecule has 1 fully saturated rings. The van der Waals surface area contributed by atoms with Crippen molar-refractivity contribution in [3.8, 4) is 0 Å². The highest BCUT2D eigenvalue weighted by molar-refractivity contribution is 9.14. The van der Waals surface area contributed by atoms with E-state index in [1.165, 1.54) is 0 Å². The quantitative estimate of drug-likeness (QED) is 0.0280. The Labute approximate surface area is 441 Å². The number of carboxylic acid groups (broad SMARTS) is 4. The van der Waals surface area contributed by atoms with E-state index < -0.39 is 41.7 Å². The fraction of sp³-hybridized carbons (Fsp3) is 0.773. The fourth-order valence-electron chi connectivity index (χ4n) is 6.91. The first-order chi connectivity index (χ1) is 35.1. The number of hydrogen-bond acceptors (Lipinski definition) is 20. The summed E-state index contributed by atoms with van der Waals surface area (Å²) in [5.74, 6) is -5.84. The van der Waals surface area contributed by atoms with Crippen molar-refractivity contribution in [3.63, 3.8) is 0 Å². The van der Waals surface area contributed by atoms with Gasteiger partial charge in [-0.15, -0.1) is 0 Å². The number of nitrogens with zero attached hydrogens (tertiary/aromatic N) is 5. The van der Waals surface area contributed by atoms with E-state index in [4.69, 9.17) is 37.9 Å². The van der Waals surface area contributed by atoms with E-state index in [-0.39, 0.29) is 158 Å². The standard InChI is InChI=1S/C44H73Br2N7O20/c45-40-41(46)43(63)53(42(40)62)14-18-69-22-20-67-17-5-48-36(55)3-15-66-19-23-70-25-27-72-29-30-73-28-26-71-24-21-68-16-4-47-35(54)2-1-34(44(64)65)52-12-10-50(32-38(58)59)8-6-49(31-37(56)57)7-9-51(11-13-52)33-39(60)61/h34H,1-33H2,(H,47,54)(H,48,55)(H,56,57)(H,58,59)(H,60,61)(H,64,65). The van der Waals surface area contributed by atoms with Crippen molar-refractivity contribution < 1.29 is 96.7 Å². The number of amides is 4. The number of carboxylic acids is 4. The van der Waals surface area contributed by atoms with Gasteiger partial charge >= 0.3 is 23.9 Å². The normalized spacial score (nSPS) is 16.3. The van der Waals surface area contributed by atoms with Crippen LogP contribution in [0.25, 0.3) is 0 Å². The molecule has 0 aromatic rings. The highest BCUT2D eigenvalue weighted by Gasteiger charge is 2.35. The van der Waals surface area contributed by atoms with Crippen LogP contribution in [0.4, 0.5) is 0 Å². The number of rotatable bonds is 41. The third-order valence-electron chi connectivity index (χ3n) is 10.7. The molecule has 0 aliphatic carbocycles. The van der Waals surface area contributed by atoms with Crippen molar-refractivity contribution in [2.75, 3.05) is 197 Å². The lowest BCUT2D eigenvalue weighted by molar-refractivity contribution is -0.145. The van der Waals surface area contributed by atoms with Crippen LogP contribution in [0.5, 0.6) is 0 Å². The molecule has 0 aromatic heterocycles. The average Bonchev–Trinajstić information content (AvgIpc) is 3.51. The van der Waals surface area contributed by atoms with Crippen molar-refractivity contribution in [2.45, 2.75) is 25.3 Å². The highest BCUT2D eigenvalue weighted by atomic mass is 79.9. The van der Waals surface area contributed by atoms with Crippen LogP contribution in [-0.4, -0.2) is 296 Å². The molecule has 1 atom stereocenters. The second kappa shape index (κ2) is 40.5. The summed E-state index contributed by atoms with van der Waals surface area (Å²) < 4.78 is 44.0. The van der Waals surface area contributed by atoms with E-state index in [1.54, 1.807) is 19.6 Å². The molecule has 2 rings (SSSR count). The van der Waals surface area contributed by atoms with Gasteiger partial charge in [0.25, 0.3) is 11.8 Å². The maximum Gasteiger partial charge on any atom is 0.320 e. The summed E-state index contributed by atoms with van der Waals surface area (Å²) in [4.78, 5) is 103. The topological polar surface area (TPSA) is 332 Å². The zero-order valence-electron chi connectivity index (χ0n) is 41.2. The molecule has 2 aliphatic rings. The van der Waals surface area contributed by atoms with Gasteiger partial charge in [0.2, 0.25) is 11.8 Å². The smallest absolute Gasteiger partial charge is 0.320 e. The van der Waals surface area contributed by atoms with Crippen LogP contribution in [-0.2, 0) is 76.3 Å². The van der Waals surface area contributed by atoms with Gasteiger partial charge in [-0.3, -0.25) is 62.9 Å². The molecule has 0 bridgehead atoms. The first-order valence-electron chi connectivity index (χ1n) is 23.9. The van der Waals surface area contributed by atoms with Crippen molar-refractivity contribution >= 4 is 79.4 Å². The van der Waals surface area contributed by atoms with Gasteiger partial charge < -0.3 is 69.0 Å². The van der Waals surface area contributed by atoms with Gasteiger partial charge in [0.15, 0.2) is 0 Å². The number of aliphatic carboxylic acids is 4. The van der Waals surface area contributed by atoms with Crippen LogP contribution in [0, 0.1) is 0 Å². The molecule has 0 saturated carbocycles. The molecule has 29 heteroatoms. The lowest BCUT2D eigenvalue weighted by Crippen LogP contribution is -2.52. The Bertz CT molecular complexity index is 1670. The summed E-state index contributed by atoms with van der Waals surface area (Å²) in [5, 5.41) is 43.9. The molecule has 4 amide bonds. The monoisotopic (exact) mass is 1180 g/mol. The average molecular weight is 1180 g/mol. The van der Waals surface area contributed by atoms with Gasteiger partial charge in [0.05, 0.1) is 132 Å². The lowest BCUT2D eigenvalue weighted by atomic mass is 10.1. The predicted molar refractivity (Wildman–Crippen MR) is 263 cm³/mol. The van der Waals surface area contributed by atoms with E-state index in [9.17, 15) is 58.8 Å². The van der Waals surface area contributed by atoms with Gasteiger partial charge in [-0.05, 0) is 38.3 Å². The third kappa shape index (κ3) is 31.6. The van der Waals surface area contributed by atoms with Crippen LogP contribution in [0.3, 0.4) is 0 Å². The molecule has 0 aromatic carbocycles. The van der Waals surface area contributed by atoms with E-state index >= 15 is 0 Å². The molecule has 0 spiro atoms. The summed E-state index contributed by atoms with van der Waals surface area (Å²) in [6.45, 7) is 5.85. The van der Waals surface area contributed by atoms with Gasteiger partial charge in [0, 0.05) is 78.3 Å². The Kier molecular flexibility index (Phi) is 36.2. The third-order valence-corrected chi connectivity index (χ3v) is 12.7. The zero-order chi connectivity index (χ0) is 53.6. The maximum atomic E-state index is 12.7. The predicted octanol–water partition coefficient (Wildman–Crippen LogP) is -2.18.